The molecule has 2 aliphatic heterocycles. The summed E-state index contributed by atoms with van der Waals surface area (Å²) in [6.45, 7) is 8.10. The molecule has 0 radical (unpaired) electrons. The highest BCUT2D eigenvalue weighted by molar-refractivity contribution is 7.99. The lowest BCUT2D eigenvalue weighted by atomic mass is 9.88. The number of benzene rings is 2. The normalized spacial score (nSPS) is 17.3. The van der Waals surface area contributed by atoms with Crippen molar-refractivity contribution >= 4 is 23.3 Å². The second-order valence-corrected chi connectivity index (χ2v) is 12.4. The van der Waals surface area contributed by atoms with E-state index < -0.39 is 0 Å². The van der Waals surface area contributed by atoms with Gasteiger partial charge in [-0.3, -0.25) is 14.7 Å². The van der Waals surface area contributed by atoms with Gasteiger partial charge in [-0.25, -0.2) is 0 Å². The zero-order valence-corrected chi connectivity index (χ0v) is 23.9. The Kier molecular flexibility index (Phi) is 9.20. The van der Waals surface area contributed by atoms with E-state index in [-0.39, 0.29) is 17.5 Å². The number of ketones is 2. The van der Waals surface area contributed by atoms with E-state index in [9.17, 15) is 9.59 Å². The number of nitrogens with zero attached hydrogens (tertiary/aromatic N) is 2. The van der Waals surface area contributed by atoms with Crippen molar-refractivity contribution < 1.29 is 14.3 Å². The number of aromatic amines is 1. The molecule has 1 atom stereocenters. The van der Waals surface area contributed by atoms with Crippen LogP contribution in [0.5, 0.6) is 5.75 Å². The predicted octanol–water partition coefficient (Wildman–Crippen LogP) is 6.25. The van der Waals surface area contributed by atoms with E-state index in [0.29, 0.717) is 31.8 Å². The highest BCUT2D eigenvalue weighted by Gasteiger charge is 2.27. The minimum absolute atomic E-state index is 0.160. The fraction of sp³-hybridized carbons (Fsp3) is 0.469. The number of fused-ring (bicyclic) bond motifs is 1. The smallest absolute Gasteiger partial charge is 0.162 e. The predicted molar refractivity (Wildman–Crippen MR) is 157 cm³/mol. The van der Waals surface area contributed by atoms with Gasteiger partial charge in [-0.1, -0.05) is 26.0 Å². The molecular weight excluding hydrogens is 506 g/mol. The number of H-pyrrole nitrogens is 1. The van der Waals surface area contributed by atoms with Crippen LogP contribution in [0.15, 0.2) is 53.7 Å². The molecular formula is C32H39N3O3S. The summed E-state index contributed by atoms with van der Waals surface area (Å²) in [4.78, 5) is 29.9. The first-order valence-corrected chi connectivity index (χ1v) is 15.2. The zero-order chi connectivity index (χ0) is 27.2. The average Bonchev–Trinajstić information content (AvgIpc) is 3.67. The summed E-state index contributed by atoms with van der Waals surface area (Å²) in [5.74, 6) is 2.43. The first-order chi connectivity index (χ1) is 19.0. The third-order valence-electron chi connectivity index (χ3n) is 7.82. The van der Waals surface area contributed by atoms with Crippen LogP contribution in [0.2, 0.25) is 0 Å². The third-order valence-corrected chi connectivity index (χ3v) is 8.90. The van der Waals surface area contributed by atoms with Gasteiger partial charge in [0.1, 0.15) is 11.5 Å². The quantitative estimate of drug-likeness (QED) is 0.214. The number of aromatic nitrogens is 2. The van der Waals surface area contributed by atoms with E-state index in [1.807, 2.05) is 42.4 Å². The maximum absolute atomic E-state index is 13.5. The molecule has 2 aliphatic rings. The lowest BCUT2D eigenvalue weighted by Crippen LogP contribution is -2.29. The lowest BCUT2D eigenvalue weighted by Gasteiger charge is -2.25. The zero-order valence-electron chi connectivity index (χ0n) is 23.1. The Labute approximate surface area is 235 Å². The van der Waals surface area contributed by atoms with Crippen molar-refractivity contribution in [2.45, 2.75) is 57.3 Å². The fourth-order valence-electron chi connectivity index (χ4n) is 5.39. The number of rotatable bonds is 12. The van der Waals surface area contributed by atoms with Crippen LogP contribution in [0.4, 0.5) is 0 Å². The van der Waals surface area contributed by atoms with Crippen LogP contribution in [0.3, 0.4) is 0 Å². The molecule has 2 aromatic carbocycles. The first-order valence-electron chi connectivity index (χ1n) is 14.2. The Morgan fingerprint density at radius 2 is 1.97 bits per heavy atom. The number of hydrogen-bond donors (Lipinski definition) is 1. The van der Waals surface area contributed by atoms with Crippen LogP contribution in [-0.4, -0.2) is 58.7 Å². The van der Waals surface area contributed by atoms with Crippen LogP contribution in [0.1, 0.15) is 61.0 Å². The molecule has 1 aromatic heterocycles. The van der Waals surface area contributed by atoms with Gasteiger partial charge >= 0.3 is 0 Å². The number of hydrogen-bond acceptors (Lipinski definition) is 6. The molecule has 3 heterocycles. The summed E-state index contributed by atoms with van der Waals surface area (Å²) < 4.78 is 5.99. The van der Waals surface area contributed by atoms with Crippen LogP contribution in [0.25, 0.3) is 11.1 Å². The van der Waals surface area contributed by atoms with Crippen molar-refractivity contribution in [3.8, 4) is 16.9 Å². The van der Waals surface area contributed by atoms with Gasteiger partial charge in [0.05, 0.1) is 18.7 Å². The van der Waals surface area contributed by atoms with Gasteiger partial charge in [-0.15, -0.1) is 11.8 Å². The molecule has 39 heavy (non-hydrogen) atoms. The van der Waals surface area contributed by atoms with Gasteiger partial charge in [0.25, 0.3) is 0 Å². The van der Waals surface area contributed by atoms with Crippen molar-refractivity contribution in [2.75, 3.05) is 32.0 Å². The minimum atomic E-state index is -0.213. The van der Waals surface area contributed by atoms with E-state index >= 15 is 0 Å². The van der Waals surface area contributed by atoms with Crippen molar-refractivity contribution in [1.29, 1.82) is 0 Å². The van der Waals surface area contributed by atoms with Gasteiger partial charge in [0.15, 0.2) is 5.78 Å². The van der Waals surface area contributed by atoms with Gasteiger partial charge in [-0.2, -0.15) is 5.10 Å². The summed E-state index contributed by atoms with van der Waals surface area (Å²) in [5.41, 5.74) is 4.91. The monoisotopic (exact) mass is 545 g/mol. The molecule has 1 N–H and O–H groups in total. The molecule has 0 bridgehead atoms. The molecule has 5 rings (SSSR count). The van der Waals surface area contributed by atoms with Crippen LogP contribution < -0.4 is 4.74 Å². The molecule has 1 unspecified atom stereocenters. The van der Waals surface area contributed by atoms with Crippen molar-refractivity contribution in [3.63, 3.8) is 0 Å². The van der Waals surface area contributed by atoms with Gasteiger partial charge in [0, 0.05) is 47.4 Å². The highest BCUT2D eigenvalue weighted by atomic mass is 32.2. The first kappa shape index (κ1) is 27.7. The molecule has 7 heteroatoms. The largest absolute Gasteiger partial charge is 0.493 e. The van der Waals surface area contributed by atoms with Crippen molar-refractivity contribution in [2.24, 2.45) is 11.8 Å². The second-order valence-electron chi connectivity index (χ2n) is 11.2. The average molecular weight is 546 g/mol. The Morgan fingerprint density at radius 1 is 1.13 bits per heavy atom. The van der Waals surface area contributed by atoms with E-state index in [4.69, 9.17) is 4.74 Å². The standard InChI is InChI=1S/C32H39N3O3S/c1-22(2)5-9-29(36)24-8-10-31-26(15-24)16-27(21-38-31)30(37)17-25-7-6-23(28-19-33-34-20-28)18-32(25)39-14-13-35-11-3-4-12-35/h6-8,10,15,18-20,22,27H,3-5,9,11-14,16-17,21H2,1-2H3,(H,33,34). The SMILES string of the molecule is CC(C)CCC(=O)c1ccc2c(c1)CC(C(=O)Cc1ccc(-c3cn[nH]c3)cc1SCCN1CCCC1)CO2. The van der Waals surface area contributed by atoms with E-state index in [2.05, 4.69) is 47.1 Å². The Bertz CT molecular complexity index is 1280. The number of carbonyl (C=O) groups is 2. The molecule has 0 spiro atoms. The molecule has 0 saturated carbocycles. The molecule has 206 valence electrons. The summed E-state index contributed by atoms with van der Waals surface area (Å²) in [6, 6.07) is 12.1. The van der Waals surface area contributed by atoms with Gasteiger partial charge < -0.3 is 9.64 Å². The molecule has 0 aliphatic carbocycles. The number of nitrogens with one attached hydrogen (secondary N) is 1. The minimum Gasteiger partial charge on any atom is -0.493 e. The van der Waals surface area contributed by atoms with Gasteiger partial charge in [-0.05, 0) is 85.6 Å². The van der Waals surface area contributed by atoms with E-state index in [0.717, 1.165) is 57.2 Å². The van der Waals surface area contributed by atoms with Crippen molar-refractivity contribution in [1.82, 2.24) is 15.1 Å². The number of carbonyl (C=O) groups excluding carboxylic acids is 2. The van der Waals surface area contributed by atoms with Crippen LogP contribution in [0, 0.1) is 11.8 Å². The van der Waals surface area contributed by atoms with E-state index in [1.165, 1.54) is 25.9 Å². The summed E-state index contributed by atoms with van der Waals surface area (Å²) in [6.07, 6.45) is 8.74. The van der Waals surface area contributed by atoms with E-state index in [1.54, 1.807) is 0 Å². The third kappa shape index (κ3) is 7.20. The number of thioether (sulfide) groups is 1. The number of ether oxygens (including phenoxy) is 1. The van der Waals surface area contributed by atoms with Crippen molar-refractivity contribution in [3.05, 3.63) is 65.5 Å². The summed E-state index contributed by atoms with van der Waals surface area (Å²) >= 11 is 1.84. The number of likely N-dealkylation sites (tertiary alicyclic amines) is 1. The Balaban J connectivity index is 1.27. The van der Waals surface area contributed by atoms with Gasteiger partial charge in [0.2, 0.25) is 0 Å². The molecule has 1 fully saturated rings. The maximum Gasteiger partial charge on any atom is 0.162 e. The summed E-state index contributed by atoms with van der Waals surface area (Å²) in [7, 11) is 0. The molecule has 6 nitrogen and oxygen atoms in total. The highest BCUT2D eigenvalue weighted by Crippen LogP contribution is 2.33. The topological polar surface area (TPSA) is 75.3 Å². The number of Topliss-reactive ketones (excluding diaryl/α,β-unsaturated/α-hetero) is 2. The van der Waals surface area contributed by atoms with Crippen LogP contribution >= 0.6 is 11.8 Å². The maximum atomic E-state index is 13.5. The Hall–Kier alpha value is -2.90. The fourth-order valence-corrected chi connectivity index (χ4v) is 6.49. The van der Waals surface area contributed by atoms with Crippen LogP contribution in [-0.2, 0) is 17.6 Å². The second kappa shape index (κ2) is 13.0. The molecule has 1 saturated heterocycles. The summed E-state index contributed by atoms with van der Waals surface area (Å²) in [5, 5.41) is 7.00. The lowest BCUT2D eigenvalue weighted by molar-refractivity contribution is -0.123. The molecule has 3 aromatic rings. The molecule has 0 amide bonds. The Morgan fingerprint density at radius 3 is 2.74 bits per heavy atom.